The van der Waals surface area contributed by atoms with Crippen LogP contribution >= 0.6 is 11.6 Å². The van der Waals surface area contributed by atoms with Crippen LogP contribution in [0.15, 0.2) is 30.3 Å². The summed E-state index contributed by atoms with van der Waals surface area (Å²) < 4.78 is 7.17. The van der Waals surface area contributed by atoms with Crippen LogP contribution in [0.1, 0.15) is 46.7 Å². The molecular weight excluding hydrogens is 312 g/mol. The van der Waals surface area contributed by atoms with Crippen molar-refractivity contribution in [1.82, 2.24) is 9.78 Å². The van der Waals surface area contributed by atoms with Crippen molar-refractivity contribution in [1.29, 1.82) is 0 Å². The van der Waals surface area contributed by atoms with Gasteiger partial charge in [0, 0.05) is 22.9 Å². The standard InChI is InChI=1S/C18H23ClN2O2/c1-12(2)9-17(22)23-16-11-15(18(3,4)5)20-21(16)14-8-6-7-13(19)10-14/h6-8,10-12H,9H2,1-5H3. The summed E-state index contributed by atoms with van der Waals surface area (Å²) in [4.78, 5) is 12.0. The molecular formula is C18H23ClN2O2. The highest BCUT2D eigenvalue weighted by Gasteiger charge is 2.23. The summed E-state index contributed by atoms with van der Waals surface area (Å²) in [5, 5.41) is 5.21. The second kappa shape index (κ2) is 6.75. The van der Waals surface area contributed by atoms with Crippen molar-refractivity contribution in [2.45, 2.75) is 46.5 Å². The lowest BCUT2D eigenvalue weighted by Gasteiger charge is -2.13. The van der Waals surface area contributed by atoms with E-state index in [4.69, 9.17) is 16.3 Å². The monoisotopic (exact) mass is 334 g/mol. The fraction of sp³-hybridized carbons (Fsp3) is 0.444. The molecule has 0 unspecified atom stereocenters. The van der Waals surface area contributed by atoms with Crippen molar-refractivity contribution in [3.8, 4) is 11.6 Å². The Bertz CT molecular complexity index is 699. The lowest BCUT2D eigenvalue weighted by Crippen LogP contribution is -2.13. The van der Waals surface area contributed by atoms with Crippen LogP contribution in [0.25, 0.3) is 5.69 Å². The molecule has 0 aliphatic carbocycles. The van der Waals surface area contributed by atoms with Gasteiger partial charge in [-0.3, -0.25) is 4.79 Å². The largest absolute Gasteiger partial charge is 0.407 e. The molecule has 0 aliphatic rings. The number of ether oxygens (including phenoxy) is 1. The van der Waals surface area contributed by atoms with Crippen molar-refractivity contribution in [3.05, 3.63) is 41.0 Å². The van der Waals surface area contributed by atoms with Crippen molar-refractivity contribution >= 4 is 17.6 Å². The molecule has 23 heavy (non-hydrogen) atoms. The number of hydrogen-bond donors (Lipinski definition) is 0. The molecule has 0 amide bonds. The Morgan fingerprint density at radius 2 is 2.00 bits per heavy atom. The van der Waals surface area contributed by atoms with Gasteiger partial charge in [0.1, 0.15) is 0 Å². The Morgan fingerprint density at radius 3 is 2.57 bits per heavy atom. The van der Waals surface area contributed by atoms with Gasteiger partial charge in [-0.2, -0.15) is 5.10 Å². The number of carbonyl (C=O) groups is 1. The van der Waals surface area contributed by atoms with Crippen molar-refractivity contribution < 1.29 is 9.53 Å². The van der Waals surface area contributed by atoms with E-state index < -0.39 is 0 Å². The van der Waals surface area contributed by atoms with Gasteiger partial charge in [-0.1, -0.05) is 52.3 Å². The molecule has 0 bridgehead atoms. The van der Waals surface area contributed by atoms with Gasteiger partial charge in [0.25, 0.3) is 0 Å². The fourth-order valence-corrected chi connectivity index (χ4v) is 2.27. The molecule has 0 fully saturated rings. The third-order valence-corrected chi connectivity index (χ3v) is 3.53. The zero-order valence-electron chi connectivity index (χ0n) is 14.3. The number of benzene rings is 1. The summed E-state index contributed by atoms with van der Waals surface area (Å²) in [6.07, 6.45) is 0.367. The molecule has 0 saturated carbocycles. The molecule has 0 atom stereocenters. The molecule has 0 aliphatic heterocycles. The van der Waals surface area contributed by atoms with Crippen LogP contribution in [0.3, 0.4) is 0 Å². The van der Waals surface area contributed by atoms with Gasteiger partial charge in [0.05, 0.1) is 11.4 Å². The lowest BCUT2D eigenvalue weighted by molar-refractivity contribution is -0.135. The quantitative estimate of drug-likeness (QED) is 0.756. The van der Waals surface area contributed by atoms with Crippen LogP contribution < -0.4 is 4.74 Å². The molecule has 124 valence electrons. The van der Waals surface area contributed by atoms with Crippen LogP contribution in [0.2, 0.25) is 5.02 Å². The summed E-state index contributed by atoms with van der Waals surface area (Å²) in [6.45, 7) is 10.2. The Labute approximate surface area is 142 Å². The summed E-state index contributed by atoms with van der Waals surface area (Å²) in [5.41, 5.74) is 1.47. The van der Waals surface area contributed by atoms with Crippen LogP contribution in [-0.4, -0.2) is 15.7 Å². The number of nitrogens with zero attached hydrogens (tertiary/aromatic N) is 2. The first kappa shape index (κ1) is 17.5. The molecule has 2 rings (SSSR count). The van der Waals surface area contributed by atoms with E-state index in [1.807, 2.05) is 32.0 Å². The molecule has 2 aromatic rings. The molecule has 0 spiro atoms. The van der Waals surface area contributed by atoms with Gasteiger partial charge in [-0.05, 0) is 24.1 Å². The minimum atomic E-state index is -0.261. The summed E-state index contributed by atoms with van der Waals surface area (Å²) >= 11 is 6.07. The molecule has 0 saturated heterocycles. The van der Waals surface area contributed by atoms with Crippen molar-refractivity contribution in [3.63, 3.8) is 0 Å². The number of hydrogen-bond acceptors (Lipinski definition) is 3. The lowest BCUT2D eigenvalue weighted by atomic mass is 9.93. The molecule has 1 aromatic heterocycles. The smallest absolute Gasteiger partial charge is 0.312 e. The van der Waals surface area contributed by atoms with E-state index in [2.05, 4.69) is 25.9 Å². The average molecular weight is 335 g/mol. The van der Waals surface area contributed by atoms with Gasteiger partial charge < -0.3 is 4.74 Å². The molecule has 0 N–H and O–H groups in total. The van der Waals surface area contributed by atoms with Crippen molar-refractivity contribution in [2.24, 2.45) is 5.92 Å². The van der Waals surface area contributed by atoms with E-state index >= 15 is 0 Å². The zero-order valence-corrected chi connectivity index (χ0v) is 15.0. The predicted molar refractivity (Wildman–Crippen MR) is 92.4 cm³/mol. The molecule has 4 nitrogen and oxygen atoms in total. The van der Waals surface area contributed by atoms with E-state index in [1.165, 1.54) is 0 Å². The summed E-state index contributed by atoms with van der Waals surface area (Å²) in [5.74, 6) is 0.401. The van der Waals surface area contributed by atoms with E-state index in [0.29, 0.717) is 17.3 Å². The van der Waals surface area contributed by atoms with Crippen LogP contribution in [0, 0.1) is 5.92 Å². The molecule has 5 heteroatoms. The van der Waals surface area contributed by atoms with E-state index in [0.717, 1.165) is 11.4 Å². The first-order chi connectivity index (χ1) is 10.7. The number of esters is 1. The van der Waals surface area contributed by atoms with Gasteiger partial charge in [0.15, 0.2) is 0 Å². The second-order valence-electron chi connectivity index (χ2n) is 7.08. The van der Waals surface area contributed by atoms with Crippen LogP contribution in [0.5, 0.6) is 5.88 Å². The van der Waals surface area contributed by atoms with Crippen LogP contribution in [-0.2, 0) is 10.2 Å². The Balaban J connectivity index is 2.43. The number of carbonyl (C=O) groups excluding carboxylic acids is 1. The Hall–Kier alpha value is -1.81. The van der Waals surface area contributed by atoms with E-state index in [-0.39, 0.29) is 17.3 Å². The summed E-state index contributed by atoms with van der Waals surface area (Å²) in [7, 11) is 0. The van der Waals surface area contributed by atoms with E-state index in [9.17, 15) is 4.79 Å². The highest BCUT2D eigenvalue weighted by molar-refractivity contribution is 6.30. The SMILES string of the molecule is CC(C)CC(=O)Oc1cc(C(C)(C)C)nn1-c1cccc(Cl)c1. The van der Waals surface area contributed by atoms with Gasteiger partial charge in [-0.25, -0.2) is 4.68 Å². The predicted octanol–water partition coefficient (Wildman–Crippen LogP) is 4.77. The normalized spacial score (nSPS) is 11.8. The maximum atomic E-state index is 12.0. The van der Waals surface area contributed by atoms with Crippen LogP contribution in [0.4, 0.5) is 0 Å². The van der Waals surface area contributed by atoms with Gasteiger partial charge >= 0.3 is 5.97 Å². The van der Waals surface area contributed by atoms with Crippen molar-refractivity contribution in [2.75, 3.05) is 0 Å². The topological polar surface area (TPSA) is 44.1 Å². The average Bonchev–Trinajstić information content (AvgIpc) is 2.81. The number of rotatable bonds is 4. The number of halogens is 1. The van der Waals surface area contributed by atoms with Gasteiger partial charge in [0.2, 0.25) is 5.88 Å². The molecule has 0 radical (unpaired) electrons. The molecule has 1 aromatic carbocycles. The molecule has 1 heterocycles. The van der Waals surface area contributed by atoms with E-state index in [1.54, 1.807) is 16.8 Å². The maximum absolute atomic E-state index is 12.0. The first-order valence-corrected chi connectivity index (χ1v) is 8.12. The fourth-order valence-electron chi connectivity index (χ4n) is 2.09. The maximum Gasteiger partial charge on any atom is 0.312 e. The summed E-state index contributed by atoms with van der Waals surface area (Å²) in [6, 6.07) is 9.13. The third kappa shape index (κ3) is 4.58. The Kier molecular flexibility index (Phi) is 5.15. The first-order valence-electron chi connectivity index (χ1n) is 7.74. The highest BCUT2D eigenvalue weighted by atomic mass is 35.5. The number of aromatic nitrogens is 2. The third-order valence-electron chi connectivity index (χ3n) is 3.29. The second-order valence-corrected chi connectivity index (χ2v) is 7.52. The highest BCUT2D eigenvalue weighted by Crippen LogP contribution is 2.28. The van der Waals surface area contributed by atoms with Gasteiger partial charge in [-0.15, -0.1) is 0 Å². The zero-order chi connectivity index (χ0) is 17.2. The Morgan fingerprint density at radius 1 is 1.30 bits per heavy atom. The minimum absolute atomic E-state index is 0.150. The minimum Gasteiger partial charge on any atom is -0.407 e.